The highest BCUT2D eigenvalue weighted by molar-refractivity contribution is 6.29. The summed E-state index contributed by atoms with van der Waals surface area (Å²) in [6, 6.07) is 9.17. The molecular weight excluding hydrogens is 481 g/mol. The number of aliphatic hydroxyl groups excluding tert-OH is 1. The molecular formula is C21H30Cl3N3O5. The number of quaternary nitrogens is 2. The zero-order valence-corrected chi connectivity index (χ0v) is 20.6. The number of aliphatic hydroxyl groups is 1. The van der Waals surface area contributed by atoms with Crippen molar-refractivity contribution in [1.29, 1.82) is 0 Å². The van der Waals surface area contributed by atoms with Crippen LogP contribution < -0.4 is 53.6 Å². The highest BCUT2D eigenvalue weighted by Crippen LogP contribution is 2.40. The van der Waals surface area contributed by atoms with Gasteiger partial charge in [-0.2, -0.15) is 4.98 Å². The highest BCUT2D eigenvalue weighted by Gasteiger charge is 2.27. The van der Waals surface area contributed by atoms with Crippen LogP contribution in [0.4, 0.5) is 5.82 Å². The standard InChI is InChI=1S/C21H28ClN3O5.2ClH/c1-27-17-11-16(12-18(28-2)21(17)29-3)30-14-15(26)13-24-7-9-25(10-8-24)20-6-4-5-19(22)23-20;;/h4-6,11-12,15,26H,7-10,13-14H2,1-3H3;2*1H. The van der Waals surface area contributed by atoms with Gasteiger partial charge in [-0.1, -0.05) is 17.7 Å². The predicted molar refractivity (Wildman–Crippen MR) is 113 cm³/mol. The second-order valence-corrected chi connectivity index (χ2v) is 7.62. The first kappa shape index (κ1) is 28.4. The molecule has 8 nitrogen and oxygen atoms in total. The largest absolute Gasteiger partial charge is 1.00 e. The maximum absolute atomic E-state index is 10.5. The van der Waals surface area contributed by atoms with Crippen LogP contribution in [-0.4, -0.2) is 76.9 Å². The topological polar surface area (TPSA) is 78.9 Å². The first-order chi connectivity index (χ1) is 14.5. The predicted octanol–water partition coefficient (Wildman–Crippen LogP) is -6.38. The van der Waals surface area contributed by atoms with Crippen LogP contribution in [0.3, 0.4) is 0 Å². The van der Waals surface area contributed by atoms with E-state index >= 15 is 0 Å². The second kappa shape index (κ2) is 13.8. The smallest absolute Gasteiger partial charge is 0.227 e. The number of benzene rings is 1. The van der Waals surface area contributed by atoms with Gasteiger partial charge in [0, 0.05) is 18.2 Å². The molecule has 0 radical (unpaired) electrons. The fourth-order valence-electron chi connectivity index (χ4n) is 3.70. The summed E-state index contributed by atoms with van der Waals surface area (Å²) in [6.07, 6.45) is -0.579. The number of hydrogen-bond acceptors (Lipinski definition) is 6. The molecule has 0 aliphatic carbocycles. The monoisotopic (exact) mass is 509 g/mol. The van der Waals surface area contributed by atoms with Crippen molar-refractivity contribution in [3.63, 3.8) is 0 Å². The molecule has 1 aromatic carbocycles. The molecule has 1 aliphatic rings. The van der Waals surface area contributed by atoms with Gasteiger partial charge in [0.1, 0.15) is 56.3 Å². The van der Waals surface area contributed by atoms with E-state index in [9.17, 15) is 5.11 Å². The van der Waals surface area contributed by atoms with Crippen molar-refractivity contribution in [3.8, 4) is 23.0 Å². The van der Waals surface area contributed by atoms with E-state index in [1.807, 2.05) is 12.1 Å². The summed E-state index contributed by atoms with van der Waals surface area (Å²) in [7, 11) is 4.66. The molecule has 2 aromatic rings. The SMILES string of the molecule is COc1cc(OCC(O)C[NH+]2CC[NH+](c3cccc(Cl)n3)CC2)cc(OC)c1OC.[Cl-].[Cl-]. The van der Waals surface area contributed by atoms with E-state index < -0.39 is 6.10 Å². The lowest BCUT2D eigenvalue weighted by Crippen LogP contribution is -3.26. The third-order valence-corrected chi connectivity index (χ3v) is 5.45. The lowest BCUT2D eigenvalue weighted by molar-refractivity contribution is -0.988. The summed E-state index contributed by atoms with van der Waals surface area (Å²) >= 11 is 6.00. The second-order valence-electron chi connectivity index (χ2n) is 7.23. The minimum atomic E-state index is -0.579. The molecule has 1 saturated heterocycles. The average Bonchev–Trinajstić information content (AvgIpc) is 2.77. The molecule has 0 spiro atoms. The molecule has 1 atom stereocenters. The maximum atomic E-state index is 10.5. The molecule has 11 heteroatoms. The number of methoxy groups -OCH3 is 3. The molecule has 180 valence electrons. The van der Waals surface area contributed by atoms with Crippen molar-refractivity contribution in [2.24, 2.45) is 0 Å². The summed E-state index contributed by atoms with van der Waals surface area (Å²) < 4.78 is 21.8. The molecule has 1 fully saturated rings. The van der Waals surface area contributed by atoms with Gasteiger partial charge in [-0.05, 0) is 6.07 Å². The van der Waals surface area contributed by atoms with Gasteiger partial charge in [-0.25, -0.2) is 0 Å². The first-order valence-corrected chi connectivity index (χ1v) is 10.3. The summed E-state index contributed by atoms with van der Waals surface area (Å²) in [5.41, 5.74) is 0. The maximum Gasteiger partial charge on any atom is 0.227 e. The van der Waals surface area contributed by atoms with Gasteiger partial charge >= 0.3 is 0 Å². The lowest BCUT2D eigenvalue weighted by atomic mass is 10.2. The molecule has 1 aromatic heterocycles. The molecule has 3 rings (SSSR count). The molecule has 0 bridgehead atoms. The number of hydrogen-bond donors (Lipinski definition) is 3. The van der Waals surface area contributed by atoms with E-state index in [0.29, 0.717) is 34.7 Å². The van der Waals surface area contributed by atoms with Crippen molar-refractivity contribution in [1.82, 2.24) is 4.98 Å². The van der Waals surface area contributed by atoms with E-state index in [1.54, 1.807) is 39.5 Å². The number of ether oxygens (including phenoxy) is 4. The van der Waals surface area contributed by atoms with Crippen LogP contribution in [-0.2, 0) is 0 Å². The summed E-state index contributed by atoms with van der Waals surface area (Å²) in [5.74, 6) is 3.07. The Kier molecular flexibility index (Phi) is 12.2. The van der Waals surface area contributed by atoms with E-state index in [0.717, 1.165) is 32.0 Å². The summed E-state index contributed by atoms with van der Waals surface area (Å²) in [5, 5.41) is 11.0. The quantitative estimate of drug-likeness (QED) is 0.291. The first-order valence-electron chi connectivity index (χ1n) is 9.96. The van der Waals surface area contributed by atoms with Gasteiger partial charge in [0.25, 0.3) is 0 Å². The molecule has 0 saturated carbocycles. The van der Waals surface area contributed by atoms with Crippen LogP contribution in [0.1, 0.15) is 0 Å². The number of pyridine rings is 1. The van der Waals surface area contributed by atoms with Crippen molar-refractivity contribution in [2.45, 2.75) is 6.10 Å². The number of rotatable bonds is 9. The molecule has 0 amide bonds. The van der Waals surface area contributed by atoms with E-state index in [1.165, 1.54) is 9.80 Å². The van der Waals surface area contributed by atoms with Crippen LogP contribution in [0.5, 0.6) is 23.0 Å². The number of nitrogens with one attached hydrogen (secondary N) is 2. The normalized spacial score (nSPS) is 18.5. The number of nitrogens with zero attached hydrogens (tertiary/aromatic N) is 1. The van der Waals surface area contributed by atoms with Gasteiger partial charge < -0.3 is 53.8 Å². The minimum absolute atomic E-state index is 0. The third kappa shape index (κ3) is 7.43. The van der Waals surface area contributed by atoms with Crippen LogP contribution in [0.25, 0.3) is 0 Å². The van der Waals surface area contributed by atoms with Crippen LogP contribution in [0.15, 0.2) is 30.3 Å². The third-order valence-electron chi connectivity index (χ3n) is 5.24. The fourth-order valence-corrected chi connectivity index (χ4v) is 3.86. The lowest BCUT2D eigenvalue weighted by Gasteiger charge is -2.30. The Morgan fingerprint density at radius 3 is 2.16 bits per heavy atom. The van der Waals surface area contributed by atoms with E-state index in [-0.39, 0.29) is 31.4 Å². The zero-order chi connectivity index (χ0) is 21.5. The molecule has 3 N–H and O–H groups in total. The van der Waals surface area contributed by atoms with Gasteiger partial charge in [0.15, 0.2) is 11.5 Å². The van der Waals surface area contributed by atoms with Crippen LogP contribution >= 0.6 is 11.6 Å². The number of aromatic nitrogens is 1. The molecule has 2 heterocycles. The number of halogens is 3. The van der Waals surface area contributed by atoms with Crippen molar-refractivity contribution in [2.75, 3.05) is 60.7 Å². The number of piperazine rings is 1. The summed E-state index contributed by atoms with van der Waals surface area (Å²) in [4.78, 5) is 7.08. The van der Waals surface area contributed by atoms with Crippen LogP contribution in [0.2, 0.25) is 5.15 Å². The van der Waals surface area contributed by atoms with Crippen molar-refractivity contribution < 1.29 is 58.7 Å². The zero-order valence-electron chi connectivity index (χ0n) is 18.4. The van der Waals surface area contributed by atoms with Crippen molar-refractivity contribution >= 4 is 17.4 Å². The van der Waals surface area contributed by atoms with Gasteiger partial charge in [-0.15, -0.1) is 0 Å². The minimum Gasteiger partial charge on any atom is -1.00 e. The van der Waals surface area contributed by atoms with Gasteiger partial charge in [0.2, 0.25) is 11.6 Å². The summed E-state index contributed by atoms with van der Waals surface area (Å²) in [6.45, 7) is 4.61. The molecule has 1 unspecified atom stereocenters. The Bertz CT molecular complexity index is 813. The van der Waals surface area contributed by atoms with Gasteiger partial charge in [0.05, 0.1) is 21.3 Å². The van der Waals surface area contributed by atoms with Crippen LogP contribution in [0, 0.1) is 0 Å². The van der Waals surface area contributed by atoms with E-state index in [4.69, 9.17) is 30.5 Å². The Balaban J connectivity index is 0.00000256. The fraction of sp³-hybridized carbons (Fsp3) is 0.476. The van der Waals surface area contributed by atoms with Gasteiger partial charge in [-0.3, -0.25) is 4.90 Å². The molecule has 32 heavy (non-hydrogen) atoms. The van der Waals surface area contributed by atoms with Crippen molar-refractivity contribution in [3.05, 3.63) is 35.5 Å². The Hall–Kier alpha value is -1.68. The average molecular weight is 511 g/mol. The Morgan fingerprint density at radius 2 is 1.62 bits per heavy atom. The Labute approximate surface area is 206 Å². The Morgan fingerprint density at radius 1 is 1.00 bits per heavy atom. The molecule has 1 aliphatic heterocycles. The highest BCUT2D eigenvalue weighted by atomic mass is 35.5. The van der Waals surface area contributed by atoms with E-state index in [2.05, 4.69) is 4.98 Å².